The second kappa shape index (κ2) is 4.47. The number of terminal acetylenes is 1. The van der Waals surface area contributed by atoms with E-state index in [0.29, 0.717) is 25.0 Å². The summed E-state index contributed by atoms with van der Waals surface area (Å²) in [6.45, 7) is 3.61. The summed E-state index contributed by atoms with van der Waals surface area (Å²) in [4.78, 5) is 27.0. The number of amides is 1. The molecule has 1 saturated heterocycles. The van der Waals surface area contributed by atoms with Crippen molar-refractivity contribution in [3.63, 3.8) is 0 Å². The first kappa shape index (κ1) is 10.3. The van der Waals surface area contributed by atoms with Crippen LogP contribution in [0.25, 0.3) is 0 Å². The molecule has 0 N–H and O–H groups in total. The smallest absolute Gasteiger partial charge is 0.333 e. The molecule has 0 aromatic rings. The van der Waals surface area contributed by atoms with E-state index in [0.717, 1.165) is 5.06 Å². The number of hydrogen-bond donors (Lipinski definition) is 0. The van der Waals surface area contributed by atoms with E-state index < -0.39 is 5.97 Å². The van der Waals surface area contributed by atoms with Crippen molar-refractivity contribution < 1.29 is 14.4 Å². The molecule has 0 unspecified atom stereocenters. The number of allylic oxidation sites excluding steroid dienone is 1. The van der Waals surface area contributed by atoms with Crippen molar-refractivity contribution in [3.8, 4) is 12.3 Å². The number of carbonyl (C=O) groups is 2. The number of hydroxylamine groups is 2. The van der Waals surface area contributed by atoms with Crippen molar-refractivity contribution in [2.75, 3.05) is 0 Å². The molecule has 1 rings (SSSR count). The van der Waals surface area contributed by atoms with Gasteiger partial charge in [-0.1, -0.05) is 6.58 Å². The molecular weight excluding hydrogens is 182 g/mol. The van der Waals surface area contributed by atoms with Crippen LogP contribution in [0.5, 0.6) is 0 Å². The molecule has 1 heterocycles. The van der Waals surface area contributed by atoms with Crippen molar-refractivity contribution >= 4 is 11.9 Å². The number of nitrogens with zero attached hydrogens (tertiary/aromatic N) is 1. The predicted molar refractivity (Wildman–Crippen MR) is 49.4 cm³/mol. The van der Waals surface area contributed by atoms with E-state index in [1.54, 1.807) is 0 Å². The summed E-state index contributed by atoms with van der Waals surface area (Å²) in [5, 5.41) is 0.957. The Morgan fingerprint density at radius 2 is 2.36 bits per heavy atom. The molecule has 14 heavy (non-hydrogen) atoms. The van der Waals surface area contributed by atoms with Crippen LogP contribution in [0.2, 0.25) is 0 Å². The highest BCUT2D eigenvalue weighted by Gasteiger charge is 2.27. The molecule has 0 saturated carbocycles. The van der Waals surface area contributed by atoms with Crippen LogP contribution in [-0.4, -0.2) is 16.9 Å². The van der Waals surface area contributed by atoms with Crippen LogP contribution in [-0.2, 0) is 14.4 Å². The third-order valence-electron chi connectivity index (χ3n) is 1.81. The molecule has 4 heteroatoms. The molecule has 0 bridgehead atoms. The largest absolute Gasteiger partial charge is 0.334 e. The molecule has 74 valence electrons. The van der Waals surface area contributed by atoms with Crippen molar-refractivity contribution in [1.82, 2.24) is 5.06 Å². The van der Waals surface area contributed by atoms with E-state index in [1.807, 2.05) is 0 Å². The molecule has 1 aliphatic heterocycles. The lowest BCUT2D eigenvalue weighted by atomic mass is 10.3. The molecule has 1 amide bonds. The average molecular weight is 193 g/mol. The van der Waals surface area contributed by atoms with Gasteiger partial charge in [-0.15, -0.1) is 17.4 Å². The fourth-order valence-electron chi connectivity index (χ4n) is 1.07. The lowest BCUT2D eigenvalue weighted by molar-refractivity contribution is -0.186. The maximum absolute atomic E-state index is 11.1. The van der Waals surface area contributed by atoms with E-state index in [2.05, 4.69) is 12.5 Å². The van der Waals surface area contributed by atoms with E-state index >= 15 is 0 Å². The Morgan fingerprint density at radius 3 is 2.86 bits per heavy atom. The van der Waals surface area contributed by atoms with Gasteiger partial charge < -0.3 is 4.84 Å². The van der Waals surface area contributed by atoms with Gasteiger partial charge in [-0.3, -0.25) is 4.79 Å². The first-order chi connectivity index (χ1) is 6.65. The normalized spacial score (nSPS) is 15.5. The lowest BCUT2D eigenvalue weighted by Gasteiger charge is -2.15. The summed E-state index contributed by atoms with van der Waals surface area (Å²) in [7, 11) is 0. The van der Waals surface area contributed by atoms with Crippen LogP contribution < -0.4 is 0 Å². The Bertz CT molecular complexity index is 298. The monoisotopic (exact) mass is 193 g/mol. The molecule has 1 aliphatic rings. The van der Waals surface area contributed by atoms with Crippen LogP contribution in [0.4, 0.5) is 0 Å². The van der Waals surface area contributed by atoms with E-state index in [-0.39, 0.29) is 12.3 Å². The van der Waals surface area contributed by atoms with Gasteiger partial charge in [0.1, 0.15) is 0 Å². The van der Waals surface area contributed by atoms with E-state index in [9.17, 15) is 9.59 Å². The third kappa shape index (κ3) is 2.36. The molecular formula is C10H11NO3. The molecule has 0 atom stereocenters. The first-order valence-electron chi connectivity index (χ1n) is 4.30. The van der Waals surface area contributed by atoms with Gasteiger partial charge in [0.25, 0.3) is 5.91 Å². The van der Waals surface area contributed by atoms with Gasteiger partial charge in [0.2, 0.25) is 0 Å². The molecule has 0 radical (unpaired) electrons. The molecule has 1 fully saturated rings. The summed E-state index contributed by atoms with van der Waals surface area (Å²) in [5.41, 5.74) is 0.518. The van der Waals surface area contributed by atoms with Crippen LogP contribution in [0.3, 0.4) is 0 Å². The third-order valence-corrected chi connectivity index (χ3v) is 1.81. The zero-order valence-electron chi connectivity index (χ0n) is 7.78. The van der Waals surface area contributed by atoms with Gasteiger partial charge in [0, 0.05) is 12.8 Å². The zero-order chi connectivity index (χ0) is 10.6. The molecule has 0 spiro atoms. The second-order valence-electron chi connectivity index (χ2n) is 2.92. The fraction of sp³-hybridized carbons (Fsp3) is 0.400. The summed E-state index contributed by atoms with van der Waals surface area (Å²) < 4.78 is 0. The number of rotatable bonds is 3. The summed E-state index contributed by atoms with van der Waals surface area (Å²) in [6.07, 6.45) is 6.31. The van der Waals surface area contributed by atoms with Crippen LogP contribution in [0.1, 0.15) is 25.7 Å². The standard InChI is InChI=1S/C10H11NO3/c1-3-4-5-10(13)14-11-8(2)6-7-9(11)12/h1H,2,4-7H2. The Hall–Kier alpha value is -1.76. The number of hydrogen-bond acceptors (Lipinski definition) is 3. The van der Waals surface area contributed by atoms with E-state index in [4.69, 9.17) is 11.3 Å². The molecule has 0 aromatic carbocycles. The quantitative estimate of drug-likeness (QED) is 0.628. The topological polar surface area (TPSA) is 46.6 Å². The van der Waals surface area contributed by atoms with Crippen LogP contribution >= 0.6 is 0 Å². The second-order valence-corrected chi connectivity index (χ2v) is 2.92. The Morgan fingerprint density at radius 1 is 1.64 bits per heavy atom. The Balaban J connectivity index is 2.44. The summed E-state index contributed by atoms with van der Waals surface area (Å²) >= 11 is 0. The zero-order valence-corrected chi connectivity index (χ0v) is 7.78. The van der Waals surface area contributed by atoms with Crippen molar-refractivity contribution in [3.05, 3.63) is 12.3 Å². The van der Waals surface area contributed by atoms with Crippen molar-refractivity contribution in [1.29, 1.82) is 0 Å². The fourth-order valence-corrected chi connectivity index (χ4v) is 1.07. The van der Waals surface area contributed by atoms with E-state index in [1.165, 1.54) is 0 Å². The van der Waals surface area contributed by atoms with Crippen LogP contribution in [0, 0.1) is 12.3 Å². The minimum atomic E-state index is -0.501. The Labute approximate surface area is 82.5 Å². The maximum atomic E-state index is 11.1. The summed E-state index contributed by atoms with van der Waals surface area (Å²) in [6, 6.07) is 0. The SMILES string of the molecule is C#CCCC(=O)ON1C(=C)CCC1=O. The molecule has 4 nitrogen and oxygen atoms in total. The average Bonchev–Trinajstić information content (AvgIpc) is 2.46. The summed E-state index contributed by atoms with van der Waals surface area (Å²) in [5.74, 6) is 1.59. The van der Waals surface area contributed by atoms with Gasteiger partial charge >= 0.3 is 5.97 Å². The minimum Gasteiger partial charge on any atom is -0.333 e. The highest BCUT2D eigenvalue weighted by molar-refractivity contribution is 5.82. The minimum absolute atomic E-state index is 0.119. The number of carbonyl (C=O) groups excluding carboxylic acids is 2. The maximum Gasteiger partial charge on any atom is 0.334 e. The first-order valence-corrected chi connectivity index (χ1v) is 4.30. The van der Waals surface area contributed by atoms with Gasteiger partial charge in [0.05, 0.1) is 12.1 Å². The van der Waals surface area contributed by atoms with Gasteiger partial charge in [-0.25, -0.2) is 4.79 Å². The Kier molecular flexibility index (Phi) is 3.29. The van der Waals surface area contributed by atoms with Crippen molar-refractivity contribution in [2.24, 2.45) is 0 Å². The van der Waals surface area contributed by atoms with Gasteiger partial charge in [0.15, 0.2) is 0 Å². The van der Waals surface area contributed by atoms with Crippen LogP contribution in [0.15, 0.2) is 12.3 Å². The highest BCUT2D eigenvalue weighted by atomic mass is 16.7. The predicted octanol–water partition coefficient (Wildman–Crippen LogP) is 0.994. The molecule has 0 aromatic heterocycles. The van der Waals surface area contributed by atoms with Crippen molar-refractivity contribution in [2.45, 2.75) is 25.7 Å². The van der Waals surface area contributed by atoms with Gasteiger partial charge in [-0.2, -0.15) is 0 Å². The molecule has 0 aliphatic carbocycles. The highest BCUT2D eigenvalue weighted by Crippen LogP contribution is 2.20. The van der Waals surface area contributed by atoms with Gasteiger partial charge in [-0.05, 0) is 6.42 Å². The lowest BCUT2D eigenvalue weighted by Crippen LogP contribution is -2.26.